The summed E-state index contributed by atoms with van der Waals surface area (Å²) in [5.41, 5.74) is 9.03. The monoisotopic (exact) mass is 651 g/mol. The Hall–Kier alpha value is -6.84. The minimum Gasteiger partial charge on any atom is -0.456 e. The Morgan fingerprint density at radius 3 is 1.63 bits per heavy atom. The smallest absolute Gasteiger partial charge is 0.143 e. The quantitative estimate of drug-likeness (QED) is 0.190. The van der Waals surface area contributed by atoms with Gasteiger partial charge < -0.3 is 13.7 Å². The zero-order valence-corrected chi connectivity index (χ0v) is 27.5. The van der Waals surface area contributed by atoms with Crippen LogP contribution in [-0.2, 0) is 0 Å². The molecule has 0 bridgehead atoms. The minimum absolute atomic E-state index is 0.850. The van der Waals surface area contributed by atoms with Crippen LogP contribution in [0.3, 0.4) is 0 Å². The molecule has 238 valence electrons. The summed E-state index contributed by atoms with van der Waals surface area (Å²) in [6, 6.07) is 62.6. The largest absolute Gasteiger partial charge is 0.456 e. The van der Waals surface area contributed by atoms with Crippen LogP contribution in [0.25, 0.3) is 87.3 Å². The summed E-state index contributed by atoms with van der Waals surface area (Å²) < 4.78 is 13.2. The Morgan fingerprint density at radius 2 is 0.902 bits per heavy atom. The first-order valence-corrected chi connectivity index (χ1v) is 17.3. The van der Waals surface area contributed by atoms with E-state index < -0.39 is 0 Å². The summed E-state index contributed by atoms with van der Waals surface area (Å²) >= 11 is 0. The Kier molecular flexibility index (Phi) is 5.96. The van der Waals surface area contributed by atoms with E-state index >= 15 is 0 Å². The number of furan rings is 2. The highest BCUT2D eigenvalue weighted by molar-refractivity contribution is 6.25. The molecule has 0 N–H and O–H groups in total. The van der Waals surface area contributed by atoms with Crippen LogP contribution in [0.4, 0.5) is 17.1 Å². The van der Waals surface area contributed by atoms with Gasteiger partial charge >= 0.3 is 0 Å². The van der Waals surface area contributed by atoms with Gasteiger partial charge in [-0.2, -0.15) is 0 Å². The van der Waals surface area contributed by atoms with Crippen LogP contribution in [0.1, 0.15) is 0 Å². The van der Waals surface area contributed by atoms with Gasteiger partial charge in [0.25, 0.3) is 0 Å². The number of fused-ring (bicyclic) bond motifs is 10. The van der Waals surface area contributed by atoms with Crippen molar-refractivity contribution in [1.82, 2.24) is 0 Å². The maximum absolute atomic E-state index is 6.86. The third-order valence-corrected chi connectivity index (χ3v) is 10.4. The normalized spacial score (nSPS) is 11.9. The highest BCUT2D eigenvalue weighted by Crippen LogP contribution is 2.48. The van der Waals surface area contributed by atoms with Gasteiger partial charge in [0.15, 0.2) is 0 Å². The van der Waals surface area contributed by atoms with E-state index in [2.05, 4.69) is 169 Å². The molecule has 11 rings (SSSR count). The summed E-state index contributed by atoms with van der Waals surface area (Å²) in [4.78, 5) is 2.38. The summed E-state index contributed by atoms with van der Waals surface area (Å²) in [5, 5.41) is 11.4. The van der Waals surface area contributed by atoms with Crippen molar-refractivity contribution in [3.8, 4) is 11.1 Å². The van der Waals surface area contributed by atoms with Crippen molar-refractivity contribution in [3.63, 3.8) is 0 Å². The van der Waals surface area contributed by atoms with Gasteiger partial charge in [-0.25, -0.2) is 0 Å². The standard InChI is InChI=1S/C48H29NO2/c1-3-13-32-27-34(25-23-30(32)11-1)49(35-26-24-31-12-2-4-14-33(31)28-35)42-19-10-22-45-47(42)41-29-40(36-15-5-6-16-38(36)48(41)51-45)37-18-9-21-44-46(37)39-17-7-8-20-43(39)50-44/h1-29H. The SMILES string of the molecule is c1ccc2cc(N(c3ccc4ccccc4c3)c3cccc4oc5c6ccccc6c(-c6cccc7oc8ccccc8c67)cc5c34)ccc2c1. The van der Waals surface area contributed by atoms with Crippen LogP contribution >= 0.6 is 0 Å². The van der Waals surface area contributed by atoms with Crippen LogP contribution in [0.5, 0.6) is 0 Å². The molecule has 0 radical (unpaired) electrons. The fraction of sp³-hybridized carbons (Fsp3) is 0. The molecular weight excluding hydrogens is 623 g/mol. The lowest BCUT2D eigenvalue weighted by atomic mass is 9.92. The average molecular weight is 652 g/mol. The Labute approximate surface area is 293 Å². The highest BCUT2D eigenvalue weighted by atomic mass is 16.3. The predicted octanol–water partition coefficient (Wildman–Crippen LogP) is 14.1. The van der Waals surface area contributed by atoms with Crippen molar-refractivity contribution < 1.29 is 8.83 Å². The van der Waals surface area contributed by atoms with Crippen LogP contribution in [-0.4, -0.2) is 0 Å². The number of rotatable bonds is 4. The van der Waals surface area contributed by atoms with Gasteiger partial charge in [-0.1, -0.05) is 121 Å². The van der Waals surface area contributed by atoms with Crippen LogP contribution in [0.15, 0.2) is 185 Å². The molecule has 0 fully saturated rings. The summed E-state index contributed by atoms with van der Waals surface area (Å²) in [5.74, 6) is 0. The van der Waals surface area contributed by atoms with Gasteiger partial charge in [0.2, 0.25) is 0 Å². The van der Waals surface area contributed by atoms with E-state index in [4.69, 9.17) is 8.83 Å². The van der Waals surface area contributed by atoms with E-state index in [0.29, 0.717) is 0 Å². The van der Waals surface area contributed by atoms with Gasteiger partial charge in [0, 0.05) is 32.9 Å². The Bertz CT molecular complexity index is 3090. The molecule has 9 aromatic carbocycles. The molecule has 0 unspecified atom stereocenters. The van der Waals surface area contributed by atoms with Crippen LogP contribution in [0, 0.1) is 0 Å². The molecule has 0 amide bonds. The van der Waals surface area contributed by atoms with Crippen LogP contribution in [0.2, 0.25) is 0 Å². The van der Waals surface area contributed by atoms with E-state index in [0.717, 1.165) is 82.8 Å². The molecule has 51 heavy (non-hydrogen) atoms. The fourth-order valence-electron chi connectivity index (χ4n) is 8.10. The van der Waals surface area contributed by atoms with Gasteiger partial charge in [0.05, 0.1) is 11.1 Å². The number of benzene rings is 9. The third kappa shape index (κ3) is 4.25. The number of hydrogen-bond acceptors (Lipinski definition) is 3. The van der Waals surface area contributed by atoms with Gasteiger partial charge in [0.1, 0.15) is 22.3 Å². The average Bonchev–Trinajstić information content (AvgIpc) is 3.77. The first-order chi connectivity index (χ1) is 25.3. The second-order valence-electron chi connectivity index (χ2n) is 13.3. The van der Waals surface area contributed by atoms with E-state index in [1.807, 2.05) is 12.1 Å². The lowest BCUT2D eigenvalue weighted by Gasteiger charge is -2.27. The van der Waals surface area contributed by atoms with Gasteiger partial charge in [-0.05, 0) is 92.7 Å². The fourth-order valence-corrected chi connectivity index (χ4v) is 8.10. The zero-order chi connectivity index (χ0) is 33.5. The van der Waals surface area contributed by atoms with Crippen molar-refractivity contribution in [2.45, 2.75) is 0 Å². The zero-order valence-electron chi connectivity index (χ0n) is 27.5. The van der Waals surface area contributed by atoms with E-state index in [1.54, 1.807) is 0 Å². The Balaban J connectivity index is 1.24. The number of anilines is 3. The lowest BCUT2D eigenvalue weighted by Crippen LogP contribution is -2.10. The molecule has 0 aliphatic heterocycles. The maximum atomic E-state index is 6.86. The Morgan fingerprint density at radius 1 is 0.333 bits per heavy atom. The summed E-state index contributed by atoms with van der Waals surface area (Å²) in [6.45, 7) is 0. The van der Waals surface area contributed by atoms with Crippen molar-refractivity contribution in [2.24, 2.45) is 0 Å². The van der Waals surface area contributed by atoms with Crippen molar-refractivity contribution in [3.05, 3.63) is 176 Å². The second-order valence-corrected chi connectivity index (χ2v) is 13.3. The molecule has 0 saturated carbocycles. The highest BCUT2D eigenvalue weighted by Gasteiger charge is 2.23. The predicted molar refractivity (Wildman–Crippen MR) is 214 cm³/mol. The number of hydrogen-bond donors (Lipinski definition) is 0. The molecule has 2 aromatic heterocycles. The number of nitrogens with zero attached hydrogens (tertiary/aromatic N) is 1. The topological polar surface area (TPSA) is 29.5 Å². The first kappa shape index (κ1) is 28.0. The molecule has 3 heteroatoms. The van der Waals surface area contributed by atoms with E-state index in [9.17, 15) is 0 Å². The van der Waals surface area contributed by atoms with Crippen molar-refractivity contribution >= 4 is 93.3 Å². The first-order valence-electron chi connectivity index (χ1n) is 17.3. The second kappa shape index (κ2) is 10.8. The molecular formula is C48H29NO2. The minimum atomic E-state index is 0.850. The third-order valence-electron chi connectivity index (χ3n) is 10.4. The maximum Gasteiger partial charge on any atom is 0.143 e. The summed E-state index contributed by atoms with van der Waals surface area (Å²) in [7, 11) is 0. The molecule has 0 atom stereocenters. The molecule has 0 saturated heterocycles. The van der Waals surface area contributed by atoms with Gasteiger partial charge in [-0.3, -0.25) is 0 Å². The lowest BCUT2D eigenvalue weighted by molar-refractivity contribution is 0.669. The molecule has 11 aromatic rings. The molecule has 2 heterocycles. The van der Waals surface area contributed by atoms with Crippen LogP contribution < -0.4 is 4.90 Å². The van der Waals surface area contributed by atoms with Crippen molar-refractivity contribution in [2.75, 3.05) is 4.90 Å². The van der Waals surface area contributed by atoms with E-state index in [-0.39, 0.29) is 0 Å². The molecule has 3 nitrogen and oxygen atoms in total. The van der Waals surface area contributed by atoms with E-state index in [1.165, 1.54) is 21.5 Å². The van der Waals surface area contributed by atoms with Crippen molar-refractivity contribution in [1.29, 1.82) is 0 Å². The summed E-state index contributed by atoms with van der Waals surface area (Å²) in [6.07, 6.45) is 0. The molecule has 0 spiro atoms. The molecule has 0 aliphatic carbocycles. The molecule has 0 aliphatic rings. The number of para-hydroxylation sites is 1. The van der Waals surface area contributed by atoms with Gasteiger partial charge in [-0.15, -0.1) is 0 Å².